The van der Waals surface area contributed by atoms with Crippen LogP contribution in [0.3, 0.4) is 0 Å². The molecule has 0 aliphatic carbocycles. The van der Waals surface area contributed by atoms with Crippen LogP contribution in [0, 0.1) is 0 Å². The van der Waals surface area contributed by atoms with E-state index < -0.39 is 29.3 Å². The van der Waals surface area contributed by atoms with Gasteiger partial charge in [0, 0.05) is 0 Å². The first-order chi connectivity index (χ1) is 11.8. The monoisotopic (exact) mass is 446 g/mol. The summed E-state index contributed by atoms with van der Waals surface area (Å²) in [5, 5.41) is 6.04. The van der Waals surface area contributed by atoms with E-state index in [1.807, 2.05) is 0 Å². The van der Waals surface area contributed by atoms with Gasteiger partial charge in [-0.25, -0.2) is 0 Å². The fourth-order valence-electron chi connectivity index (χ4n) is 2.96. The molecule has 2 aromatic rings. The quantitative estimate of drug-likeness (QED) is 0.406. The molecule has 0 N–H and O–H groups in total. The Morgan fingerprint density at radius 1 is 0.542 bits per heavy atom. The third-order valence-electron chi connectivity index (χ3n) is 4.45. The molecule has 0 saturated heterocycles. The molecule has 0 nitrogen and oxygen atoms in total. The second-order valence-corrected chi connectivity index (χ2v) is 16.8. The standard InChI is InChI=1S/C22H32As2/c1-3-5-17-23(21-13-9-7-10-14-21)19-20-24(18-6-4-2)22-15-11-8-12-16-22/h7-16H,3-6,17-20H2,1-2H3. The van der Waals surface area contributed by atoms with Crippen molar-refractivity contribution in [3.63, 3.8) is 0 Å². The van der Waals surface area contributed by atoms with Gasteiger partial charge in [-0.2, -0.15) is 0 Å². The van der Waals surface area contributed by atoms with E-state index in [0.29, 0.717) is 0 Å². The summed E-state index contributed by atoms with van der Waals surface area (Å²) in [6.45, 7) is 4.67. The molecule has 2 rings (SSSR count). The Labute approximate surface area is 158 Å². The van der Waals surface area contributed by atoms with E-state index in [1.165, 1.54) is 46.5 Å². The van der Waals surface area contributed by atoms with Crippen molar-refractivity contribution in [2.45, 2.75) is 60.4 Å². The maximum atomic E-state index is 2.40. The molecule has 2 aromatic carbocycles. The Kier molecular flexibility index (Phi) is 9.94. The Morgan fingerprint density at radius 3 is 1.25 bits per heavy atom. The fourth-order valence-corrected chi connectivity index (χ4v) is 17.8. The molecule has 0 fully saturated rings. The van der Waals surface area contributed by atoms with Gasteiger partial charge in [-0.3, -0.25) is 0 Å². The number of benzene rings is 2. The van der Waals surface area contributed by atoms with Crippen LogP contribution in [-0.4, -0.2) is 29.3 Å². The first-order valence-corrected chi connectivity index (χ1v) is 16.6. The van der Waals surface area contributed by atoms with E-state index in [4.69, 9.17) is 0 Å². The van der Waals surface area contributed by atoms with Crippen LogP contribution in [0.4, 0.5) is 0 Å². The molecular weight excluding hydrogens is 414 g/mol. The fraction of sp³-hybridized carbons (Fsp3) is 0.455. The van der Waals surface area contributed by atoms with Crippen molar-refractivity contribution in [3.8, 4) is 0 Å². The molecule has 24 heavy (non-hydrogen) atoms. The van der Waals surface area contributed by atoms with Crippen molar-refractivity contribution in [2.24, 2.45) is 0 Å². The summed E-state index contributed by atoms with van der Waals surface area (Å²) in [4.78, 5) is 0. The molecule has 2 unspecified atom stereocenters. The summed E-state index contributed by atoms with van der Waals surface area (Å²) in [6, 6.07) is 22.9. The molecule has 0 radical (unpaired) electrons. The minimum atomic E-state index is -0.864. The molecule has 0 spiro atoms. The molecule has 2 atom stereocenters. The van der Waals surface area contributed by atoms with Gasteiger partial charge in [0.25, 0.3) is 0 Å². The van der Waals surface area contributed by atoms with Crippen LogP contribution in [0.25, 0.3) is 0 Å². The SMILES string of the molecule is CCCC[As](CC[As](CCCC)c1ccccc1)c1ccccc1. The van der Waals surface area contributed by atoms with Gasteiger partial charge in [-0.1, -0.05) is 0 Å². The third-order valence-corrected chi connectivity index (χ3v) is 17.2. The van der Waals surface area contributed by atoms with Gasteiger partial charge in [0.05, 0.1) is 0 Å². The van der Waals surface area contributed by atoms with E-state index in [2.05, 4.69) is 74.5 Å². The van der Waals surface area contributed by atoms with Crippen LogP contribution >= 0.6 is 0 Å². The first-order valence-electron chi connectivity index (χ1n) is 9.45. The topological polar surface area (TPSA) is 0 Å². The van der Waals surface area contributed by atoms with Crippen molar-refractivity contribution in [3.05, 3.63) is 60.7 Å². The van der Waals surface area contributed by atoms with Gasteiger partial charge in [-0.05, 0) is 0 Å². The van der Waals surface area contributed by atoms with Crippen molar-refractivity contribution in [2.75, 3.05) is 0 Å². The van der Waals surface area contributed by atoms with Crippen LogP contribution < -0.4 is 8.70 Å². The van der Waals surface area contributed by atoms with E-state index in [9.17, 15) is 0 Å². The Bertz CT molecular complexity index is 487. The Hall–Kier alpha value is -0.443. The van der Waals surface area contributed by atoms with Gasteiger partial charge < -0.3 is 0 Å². The van der Waals surface area contributed by atoms with Gasteiger partial charge in [0.2, 0.25) is 0 Å². The summed E-state index contributed by atoms with van der Waals surface area (Å²) < 4.78 is 3.41. The van der Waals surface area contributed by atoms with E-state index >= 15 is 0 Å². The van der Waals surface area contributed by atoms with Crippen LogP contribution in [0.15, 0.2) is 60.7 Å². The molecule has 0 saturated carbocycles. The van der Waals surface area contributed by atoms with E-state index in [-0.39, 0.29) is 0 Å². The summed E-state index contributed by atoms with van der Waals surface area (Å²) in [5.41, 5.74) is 0. The van der Waals surface area contributed by atoms with E-state index in [1.54, 1.807) is 8.70 Å². The first kappa shape index (κ1) is 19.9. The average Bonchev–Trinajstić information content (AvgIpc) is 2.65. The second-order valence-electron chi connectivity index (χ2n) is 6.35. The van der Waals surface area contributed by atoms with Crippen LogP contribution in [0.1, 0.15) is 39.5 Å². The number of unbranched alkanes of at least 4 members (excludes halogenated alkanes) is 2. The van der Waals surface area contributed by atoms with Crippen molar-refractivity contribution >= 4 is 38.0 Å². The van der Waals surface area contributed by atoms with Gasteiger partial charge in [0.1, 0.15) is 0 Å². The molecule has 0 aliphatic heterocycles. The summed E-state index contributed by atoms with van der Waals surface area (Å²) in [5.74, 6) is 0. The van der Waals surface area contributed by atoms with Gasteiger partial charge in [-0.15, -0.1) is 0 Å². The van der Waals surface area contributed by atoms with Gasteiger partial charge in [0.15, 0.2) is 0 Å². The van der Waals surface area contributed by atoms with Gasteiger partial charge >= 0.3 is 159 Å². The van der Waals surface area contributed by atoms with E-state index in [0.717, 1.165) is 0 Å². The van der Waals surface area contributed by atoms with Crippen molar-refractivity contribution in [1.29, 1.82) is 0 Å². The number of rotatable bonds is 11. The molecule has 0 heterocycles. The van der Waals surface area contributed by atoms with Crippen LogP contribution in [-0.2, 0) is 0 Å². The average molecular weight is 446 g/mol. The molecule has 130 valence electrons. The normalized spacial score (nSPS) is 13.6. The molecule has 0 amide bonds. The second kappa shape index (κ2) is 12.0. The zero-order valence-electron chi connectivity index (χ0n) is 15.3. The zero-order valence-corrected chi connectivity index (χ0v) is 19.1. The van der Waals surface area contributed by atoms with Crippen molar-refractivity contribution < 1.29 is 0 Å². The molecule has 0 aliphatic rings. The number of hydrogen-bond donors (Lipinski definition) is 0. The van der Waals surface area contributed by atoms with Crippen LogP contribution in [0.5, 0.6) is 0 Å². The third kappa shape index (κ3) is 6.82. The summed E-state index contributed by atoms with van der Waals surface area (Å²) in [6.07, 6.45) is 5.52. The van der Waals surface area contributed by atoms with Crippen LogP contribution in [0.2, 0.25) is 20.8 Å². The Balaban J connectivity index is 2.03. The predicted molar refractivity (Wildman–Crippen MR) is 113 cm³/mol. The molecular formula is C22H32As2. The Morgan fingerprint density at radius 2 is 0.917 bits per heavy atom. The number of hydrogen-bond acceptors (Lipinski definition) is 0. The minimum absolute atomic E-state index is 0.864. The summed E-state index contributed by atoms with van der Waals surface area (Å²) in [7, 11) is 0. The summed E-state index contributed by atoms with van der Waals surface area (Å²) >= 11 is -1.73. The molecule has 0 aromatic heterocycles. The molecule has 2 heteroatoms. The van der Waals surface area contributed by atoms with Crippen molar-refractivity contribution in [1.82, 2.24) is 0 Å². The molecule has 0 bridgehead atoms. The predicted octanol–water partition coefficient (Wildman–Crippen LogP) is 5.39. The maximum absolute atomic E-state index is 2.40. The zero-order chi connectivity index (χ0) is 17.0.